The van der Waals surface area contributed by atoms with Crippen LogP contribution in [-0.2, 0) is 13.1 Å². The van der Waals surface area contributed by atoms with Gasteiger partial charge in [-0.3, -0.25) is 0 Å². The lowest BCUT2D eigenvalue weighted by molar-refractivity contribution is 0.290. The van der Waals surface area contributed by atoms with E-state index in [0.717, 1.165) is 36.6 Å². The molecule has 1 N–H and O–H groups in total. The Morgan fingerprint density at radius 3 is 2.75 bits per heavy atom. The van der Waals surface area contributed by atoms with Crippen molar-refractivity contribution in [2.24, 2.45) is 0 Å². The van der Waals surface area contributed by atoms with Crippen LogP contribution in [0.15, 0.2) is 35.7 Å². The van der Waals surface area contributed by atoms with Gasteiger partial charge >= 0.3 is 0 Å². The molecule has 2 aromatic rings. The molecule has 2 rings (SSSR count). The Balaban J connectivity index is 2.01. The molecule has 108 valence electrons. The van der Waals surface area contributed by atoms with Crippen molar-refractivity contribution in [1.82, 2.24) is 5.32 Å². The Bertz CT molecular complexity index is 511. The average Bonchev–Trinajstić information content (AvgIpc) is 2.98. The zero-order valence-electron chi connectivity index (χ0n) is 12.0. The maximum atomic E-state index is 5.83. The third kappa shape index (κ3) is 3.99. The number of nitrogens with one attached hydrogen (secondary N) is 1. The van der Waals surface area contributed by atoms with Crippen LogP contribution in [0.2, 0.25) is 0 Å². The van der Waals surface area contributed by atoms with Crippen molar-refractivity contribution in [1.29, 1.82) is 0 Å². The van der Waals surface area contributed by atoms with Crippen LogP contribution in [0, 0.1) is 0 Å². The Morgan fingerprint density at radius 2 is 2.05 bits per heavy atom. The summed E-state index contributed by atoms with van der Waals surface area (Å²) in [6.45, 7) is 4.46. The highest BCUT2D eigenvalue weighted by atomic mass is 32.1. The molecule has 0 aliphatic rings. The molecular weight excluding hydrogens is 270 g/mol. The van der Waals surface area contributed by atoms with E-state index in [0.29, 0.717) is 6.61 Å². The summed E-state index contributed by atoms with van der Waals surface area (Å²) in [5.74, 6) is 1.66. The van der Waals surface area contributed by atoms with Gasteiger partial charge in [-0.05, 0) is 23.9 Å². The van der Waals surface area contributed by atoms with Gasteiger partial charge in [0.2, 0.25) is 0 Å². The second-order valence-corrected chi connectivity index (χ2v) is 5.51. The molecular formula is C16H21NO2S. The highest BCUT2D eigenvalue weighted by Gasteiger charge is 2.10. The van der Waals surface area contributed by atoms with E-state index in [1.54, 1.807) is 18.4 Å². The summed E-state index contributed by atoms with van der Waals surface area (Å²) in [6.07, 6.45) is 0.986. The first-order valence-electron chi connectivity index (χ1n) is 6.87. The molecule has 0 fully saturated rings. The van der Waals surface area contributed by atoms with Crippen LogP contribution in [0.25, 0.3) is 0 Å². The van der Waals surface area contributed by atoms with E-state index in [9.17, 15) is 0 Å². The minimum absolute atomic E-state index is 0.707. The molecule has 0 amide bonds. The number of para-hydroxylation sites is 1. The fraction of sp³-hybridized carbons (Fsp3) is 0.375. The third-order valence-electron chi connectivity index (χ3n) is 2.93. The van der Waals surface area contributed by atoms with Gasteiger partial charge in [-0.25, -0.2) is 0 Å². The van der Waals surface area contributed by atoms with Crippen molar-refractivity contribution in [2.75, 3.05) is 13.7 Å². The molecule has 1 aromatic carbocycles. The second kappa shape index (κ2) is 7.92. The molecule has 0 aliphatic carbocycles. The Morgan fingerprint density at radius 1 is 1.15 bits per heavy atom. The predicted octanol–water partition coefficient (Wildman–Crippen LogP) is 3.84. The van der Waals surface area contributed by atoms with Gasteiger partial charge in [0.1, 0.15) is 0 Å². The zero-order valence-corrected chi connectivity index (χ0v) is 12.8. The minimum atomic E-state index is 0.707. The van der Waals surface area contributed by atoms with Gasteiger partial charge in [-0.1, -0.05) is 25.1 Å². The largest absolute Gasteiger partial charge is 0.493 e. The average molecular weight is 291 g/mol. The second-order valence-electron chi connectivity index (χ2n) is 4.48. The van der Waals surface area contributed by atoms with E-state index >= 15 is 0 Å². The quantitative estimate of drug-likeness (QED) is 0.801. The molecule has 0 aliphatic heterocycles. The smallest absolute Gasteiger partial charge is 0.165 e. The number of thiophene rings is 1. The number of hydrogen-bond donors (Lipinski definition) is 1. The summed E-state index contributed by atoms with van der Waals surface area (Å²) in [4.78, 5) is 1.34. The highest BCUT2D eigenvalue weighted by molar-refractivity contribution is 7.09. The van der Waals surface area contributed by atoms with Gasteiger partial charge in [-0.2, -0.15) is 0 Å². The first-order valence-corrected chi connectivity index (χ1v) is 7.75. The van der Waals surface area contributed by atoms with E-state index in [1.165, 1.54) is 4.88 Å². The molecule has 20 heavy (non-hydrogen) atoms. The monoisotopic (exact) mass is 291 g/mol. The number of methoxy groups -OCH3 is 1. The zero-order chi connectivity index (χ0) is 14.2. The van der Waals surface area contributed by atoms with Crippen molar-refractivity contribution in [3.63, 3.8) is 0 Å². The van der Waals surface area contributed by atoms with E-state index in [2.05, 4.69) is 35.8 Å². The molecule has 1 aromatic heterocycles. The van der Waals surface area contributed by atoms with Gasteiger partial charge < -0.3 is 14.8 Å². The SMILES string of the molecule is CCCOc1c(CNCc2cccs2)cccc1OC. The third-order valence-corrected chi connectivity index (χ3v) is 3.80. The maximum Gasteiger partial charge on any atom is 0.165 e. The summed E-state index contributed by atoms with van der Waals surface area (Å²) >= 11 is 1.77. The van der Waals surface area contributed by atoms with Gasteiger partial charge in [-0.15, -0.1) is 11.3 Å². The Kier molecular flexibility index (Phi) is 5.89. The van der Waals surface area contributed by atoms with Gasteiger partial charge in [0, 0.05) is 23.5 Å². The van der Waals surface area contributed by atoms with E-state index in [1.807, 2.05) is 12.1 Å². The Hall–Kier alpha value is -1.52. The summed E-state index contributed by atoms with van der Waals surface area (Å²) in [7, 11) is 1.68. The number of benzene rings is 1. The molecule has 0 atom stereocenters. The van der Waals surface area contributed by atoms with E-state index in [4.69, 9.17) is 9.47 Å². The summed E-state index contributed by atoms with van der Waals surface area (Å²) in [6, 6.07) is 10.2. The molecule has 4 heteroatoms. The van der Waals surface area contributed by atoms with Crippen molar-refractivity contribution >= 4 is 11.3 Å². The first-order chi connectivity index (χ1) is 9.85. The minimum Gasteiger partial charge on any atom is -0.493 e. The fourth-order valence-electron chi connectivity index (χ4n) is 1.96. The normalized spacial score (nSPS) is 10.5. The van der Waals surface area contributed by atoms with Gasteiger partial charge in [0.15, 0.2) is 11.5 Å². The van der Waals surface area contributed by atoms with Crippen LogP contribution in [0.3, 0.4) is 0 Å². The Labute approximate surface area is 124 Å². The molecule has 0 radical (unpaired) electrons. The number of hydrogen-bond acceptors (Lipinski definition) is 4. The van der Waals surface area contributed by atoms with Crippen LogP contribution in [-0.4, -0.2) is 13.7 Å². The lowest BCUT2D eigenvalue weighted by Crippen LogP contribution is -2.13. The molecule has 0 saturated carbocycles. The van der Waals surface area contributed by atoms with Crippen LogP contribution >= 0.6 is 11.3 Å². The topological polar surface area (TPSA) is 30.5 Å². The molecule has 0 saturated heterocycles. The van der Waals surface area contributed by atoms with Gasteiger partial charge in [0.05, 0.1) is 13.7 Å². The standard InChI is InChI=1S/C16H21NO2S/c1-3-9-19-16-13(6-4-8-15(16)18-2)11-17-12-14-7-5-10-20-14/h4-8,10,17H,3,9,11-12H2,1-2H3. The molecule has 0 bridgehead atoms. The lowest BCUT2D eigenvalue weighted by Gasteiger charge is -2.15. The summed E-state index contributed by atoms with van der Waals surface area (Å²) in [5.41, 5.74) is 1.13. The van der Waals surface area contributed by atoms with Crippen molar-refractivity contribution in [3.05, 3.63) is 46.2 Å². The molecule has 1 heterocycles. The highest BCUT2D eigenvalue weighted by Crippen LogP contribution is 2.31. The van der Waals surface area contributed by atoms with Crippen LogP contribution in [0.4, 0.5) is 0 Å². The fourth-order valence-corrected chi connectivity index (χ4v) is 2.64. The number of ether oxygens (including phenoxy) is 2. The predicted molar refractivity (Wildman–Crippen MR) is 83.6 cm³/mol. The van der Waals surface area contributed by atoms with Crippen LogP contribution in [0.1, 0.15) is 23.8 Å². The van der Waals surface area contributed by atoms with Crippen molar-refractivity contribution in [2.45, 2.75) is 26.4 Å². The first kappa shape index (κ1) is 14.9. The van der Waals surface area contributed by atoms with E-state index in [-0.39, 0.29) is 0 Å². The number of rotatable bonds is 8. The molecule has 0 unspecified atom stereocenters. The van der Waals surface area contributed by atoms with Crippen LogP contribution < -0.4 is 14.8 Å². The molecule has 3 nitrogen and oxygen atoms in total. The van der Waals surface area contributed by atoms with E-state index < -0.39 is 0 Å². The van der Waals surface area contributed by atoms with Gasteiger partial charge in [0.25, 0.3) is 0 Å². The molecule has 0 spiro atoms. The van der Waals surface area contributed by atoms with Crippen molar-refractivity contribution in [3.8, 4) is 11.5 Å². The summed E-state index contributed by atoms with van der Waals surface area (Å²) < 4.78 is 11.2. The van der Waals surface area contributed by atoms with Crippen LogP contribution in [0.5, 0.6) is 11.5 Å². The maximum absolute atomic E-state index is 5.83. The van der Waals surface area contributed by atoms with Crippen molar-refractivity contribution < 1.29 is 9.47 Å². The lowest BCUT2D eigenvalue weighted by atomic mass is 10.2. The summed E-state index contributed by atoms with van der Waals surface area (Å²) in [5, 5.41) is 5.54.